The molecule has 118 valence electrons. The number of carbonyl (C=O) groups is 3. The topological polar surface area (TPSA) is 72.5 Å². The molecule has 5 nitrogen and oxygen atoms in total. The lowest BCUT2D eigenvalue weighted by molar-refractivity contribution is -0.120. The number of esters is 1. The molecule has 0 saturated carbocycles. The van der Waals surface area contributed by atoms with Gasteiger partial charge in [-0.3, -0.25) is 9.59 Å². The lowest BCUT2D eigenvalue weighted by atomic mass is 10.1. The maximum atomic E-state index is 12.2. The quantitative estimate of drug-likeness (QED) is 0.862. The highest BCUT2D eigenvalue weighted by atomic mass is 16.5. The van der Waals surface area contributed by atoms with Crippen LogP contribution in [0.2, 0.25) is 0 Å². The van der Waals surface area contributed by atoms with Gasteiger partial charge >= 0.3 is 5.97 Å². The van der Waals surface area contributed by atoms with Crippen LogP contribution in [0.25, 0.3) is 0 Å². The van der Waals surface area contributed by atoms with E-state index >= 15 is 0 Å². The van der Waals surface area contributed by atoms with Crippen molar-refractivity contribution >= 4 is 23.3 Å². The molecule has 0 unspecified atom stereocenters. The number of aryl methyl sites for hydroxylation is 1. The van der Waals surface area contributed by atoms with E-state index in [-0.39, 0.29) is 23.9 Å². The number of anilines is 1. The van der Waals surface area contributed by atoms with E-state index in [4.69, 9.17) is 4.74 Å². The fourth-order valence-corrected chi connectivity index (χ4v) is 1.96. The summed E-state index contributed by atoms with van der Waals surface area (Å²) in [6.45, 7) is 2.98. The highest BCUT2D eigenvalue weighted by molar-refractivity contribution is 6.05. The normalized spacial score (nSPS) is 10.0. The molecule has 0 aliphatic carbocycles. The van der Waals surface area contributed by atoms with Crippen molar-refractivity contribution in [3.63, 3.8) is 0 Å². The maximum Gasteiger partial charge on any atom is 0.338 e. The van der Waals surface area contributed by atoms with Gasteiger partial charge < -0.3 is 10.1 Å². The largest absolute Gasteiger partial charge is 0.454 e. The number of Topliss-reactive ketones (excluding diaryl/α,β-unsaturated/α-hetero) is 1. The molecule has 0 spiro atoms. The van der Waals surface area contributed by atoms with Gasteiger partial charge in [-0.15, -0.1) is 0 Å². The summed E-state index contributed by atoms with van der Waals surface area (Å²) < 4.78 is 4.85. The minimum atomic E-state index is -0.605. The third-order valence-corrected chi connectivity index (χ3v) is 3.04. The number of ether oxygens (including phenoxy) is 1. The zero-order valence-corrected chi connectivity index (χ0v) is 13.0. The number of amides is 1. The Morgan fingerprint density at radius 1 is 1.00 bits per heavy atom. The molecule has 2 rings (SSSR count). The van der Waals surface area contributed by atoms with Gasteiger partial charge in [-0.1, -0.05) is 23.8 Å². The van der Waals surface area contributed by atoms with Crippen LogP contribution in [-0.2, 0) is 9.53 Å². The summed E-state index contributed by atoms with van der Waals surface area (Å²) in [6.07, 6.45) is 0. The van der Waals surface area contributed by atoms with Gasteiger partial charge in [0.25, 0.3) is 5.91 Å². The Labute approximate surface area is 134 Å². The first-order chi connectivity index (χ1) is 11.0. The van der Waals surface area contributed by atoms with Crippen molar-refractivity contribution in [1.29, 1.82) is 0 Å². The number of hydrogen-bond acceptors (Lipinski definition) is 4. The molecule has 2 aromatic rings. The number of hydrogen-bond donors (Lipinski definition) is 1. The van der Waals surface area contributed by atoms with E-state index in [1.165, 1.54) is 13.0 Å². The highest BCUT2D eigenvalue weighted by Crippen LogP contribution is 2.14. The molecule has 1 amide bonds. The van der Waals surface area contributed by atoms with E-state index < -0.39 is 5.97 Å². The van der Waals surface area contributed by atoms with Gasteiger partial charge in [0, 0.05) is 11.3 Å². The molecule has 0 atom stereocenters. The third-order valence-electron chi connectivity index (χ3n) is 3.04. The predicted molar refractivity (Wildman–Crippen MR) is 86.5 cm³/mol. The Bertz CT molecular complexity index is 752. The van der Waals surface area contributed by atoms with Gasteiger partial charge in [-0.05, 0) is 44.2 Å². The number of carbonyl (C=O) groups excluding carboxylic acids is 3. The molecule has 0 bridgehead atoms. The average Bonchev–Trinajstić information content (AvgIpc) is 2.52. The summed E-state index contributed by atoms with van der Waals surface area (Å²) in [5.41, 5.74) is 2.27. The van der Waals surface area contributed by atoms with Gasteiger partial charge in [-0.2, -0.15) is 0 Å². The molecule has 0 aliphatic heterocycles. The molecule has 1 N–H and O–H groups in total. The minimum Gasteiger partial charge on any atom is -0.454 e. The monoisotopic (exact) mass is 311 g/mol. The Morgan fingerprint density at radius 2 is 1.70 bits per heavy atom. The van der Waals surface area contributed by atoms with Gasteiger partial charge in [0.15, 0.2) is 5.78 Å². The first-order valence-corrected chi connectivity index (χ1v) is 7.10. The lowest BCUT2D eigenvalue weighted by Crippen LogP contribution is -2.14. The highest BCUT2D eigenvalue weighted by Gasteiger charge is 2.11. The van der Waals surface area contributed by atoms with Crippen LogP contribution < -0.4 is 5.32 Å². The first-order valence-electron chi connectivity index (χ1n) is 7.10. The Morgan fingerprint density at radius 3 is 2.39 bits per heavy atom. The summed E-state index contributed by atoms with van der Waals surface area (Å²) in [4.78, 5) is 34.8. The summed E-state index contributed by atoms with van der Waals surface area (Å²) in [6, 6.07) is 13.6. The van der Waals surface area contributed by atoms with Gasteiger partial charge in [0.2, 0.25) is 0 Å². The molecular weight excluding hydrogens is 294 g/mol. The molecule has 0 radical (unpaired) electrons. The number of nitrogens with one attached hydrogen (secondary N) is 1. The average molecular weight is 311 g/mol. The molecule has 23 heavy (non-hydrogen) atoms. The Balaban J connectivity index is 2.09. The summed E-state index contributed by atoms with van der Waals surface area (Å²) in [5.74, 6) is -1.10. The second-order valence-corrected chi connectivity index (χ2v) is 5.18. The molecule has 2 aromatic carbocycles. The van der Waals surface area contributed by atoms with E-state index in [0.717, 1.165) is 5.56 Å². The van der Waals surface area contributed by atoms with Crippen LogP contribution in [0.3, 0.4) is 0 Å². The Kier molecular flexibility index (Phi) is 5.25. The number of rotatable bonds is 5. The zero-order chi connectivity index (χ0) is 16.8. The van der Waals surface area contributed by atoms with Crippen LogP contribution in [-0.4, -0.2) is 24.3 Å². The molecule has 0 aromatic heterocycles. The lowest BCUT2D eigenvalue weighted by Gasteiger charge is -2.08. The minimum absolute atomic E-state index is 0.234. The van der Waals surface area contributed by atoms with E-state index in [9.17, 15) is 14.4 Å². The molecule has 5 heteroatoms. The van der Waals surface area contributed by atoms with E-state index in [1.807, 2.05) is 13.0 Å². The summed E-state index contributed by atoms with van der Waals surface area (Å²) in [7, 11) is 0. The predicted octanol–water partition coefficient (Wildman–Crippen LogP) is 2.99. The van der Waals surface area contributed by atoms with Gasteiger partial charge in [0.1, 0.15) is 6.61 Å². The van der Waals surface area contributed by atoms with Crippen molar-refractivity contribution < 1.29 is 19.1 Å². The fraction of sp³-hybridized carbons (Fsp3) is 0.167. The van der Waals surface area contributed by atoms with Crippen molar-refractivity contribution in [2.45, 2.75) is 13.8 Å². The first kappa shape index (κ1) is 16.4. The van der Waals surface area contributed by atoms with E-state index in [0.29, 0.717) is 11.3 Å². The number of ketones is 1. The van der Waals surface area contributed by atoms with Crippen molar-refractivity contribution in [2.75, 3.05) is 11.9 Å². The van der Waals surface area contributed by atoms with Crippen molar-refractivity contribution in [3.8, 4) is 0 Å². The van der Waals surface area contributed by atoms with Crippen molar-refractivity contribution in [1.82, 2.24) is 0 Å². The second kappa shape index (κ2) is 7.35. The zero-order valence-electron chi connectivity index (χ0n) is 13.0. The molecule has 0 fully saturated rings. The fourth-order valence-electron chi connectivity index (χ4n) is 1.96. The smallest absolute Gasteiger partial charge is 0.338 e. The molecule has 0 aliphatic rings. The van der Waals surface area contributed by atoms with Crippen LogP contribution in [0.5, 0.6) is 0 Å². The molecule has 0 saturated heterocycles. The van der Waals surface area contributed by atoms with Crippen LogP contribution >= 0.6 is 0 Å². The van der Waals surface area contributed by atoms with Crippen LogP contribution in [0.15, 0.2) is 48.5 Å². The van der Waals surface area contributed by atoms with Gasteiger partial charge in [-0.25, -0.2) is 4.79 Å². The second-order valence-electron chi connectivity index (χ2n) is 5.18. The van der Waals surface area contributed by atoms with Gasteiger partial charge in [0.05, 0.1) is 5.56 Å². The van der Waals surface area contributed by atoms with E-state index in [1.54, 1.807) is 36.4 Å². The van der Waals surface area contributed by atoms with Crippen LogP contribution in [0, 0.1) is 6.92 Å². The van der Waals surface area contributed by atoms with Crippen molar-refractivity contribution in [2.24, 2.45) is 0 Å². The van der Waals surface area contributed by atoms with Crippen LogP contribution in [0.4, 0.5) is 5.69 Å². The summed E-state index contributed by atoms with van der Waals surface area (Å²) >= 11 is 0. The number of benzene rings is 2. The standard InChI is InChI=1S/C18H17NO4/c1-12-5-3-6-14(9-12)17(21)19-16-8-4-7-15(10-16)18(22)23-11-13(2)20/h3-10H,11H2,1-2H3,(H,19,21). The third kappa shape index (κ3) is 4.78. The molecule has 0 heterocycles. The molecular formula is C18H17NO4. The maximum absolute atomic E-state index is 12.2. The van der Waals surface area contributed by atoms with Crippen LogP contribution in [0.1, 0.15) is 33.2 Å². The Hall–Kier alpha value is -2.95. The SMILES string of the molecule is CC(=O)COC(=O)c1cccc(NC(=O)c2cccc(C)c2)c1. The summed E-state index contributed by atoms with van der Waals surface area (Å²) in [5, 5.41) is 2.73. The van der Waals surface area contributed by atoms with E-state index in [2.05, 4.69) is 5.32 Å². The van der Waals surface area contributed by atoms with Crippen molar-refractivity contribution in [3.05, 3.63) is 65.2 Å².